The van der Waals surface area contributed by atoms with Crippen LogP contribution >= 0.6 is 11.3 Å². The molecule has 0 spiro atoms. The van der Waals surface area contributed by atoms with Gasteiger partial charge in [0.15, 0.2) is 0 Å². The van der Waals surface area contributed by atoms with Gasteiger partial charge in [0.2, 0.25) is 17.5 Å². The second-order valence-electron chi connectivity index (χ2n) is 5.31. The van der Waals surface area contributed by atoms with Crippen LogP contribution < -0.4 is 5.32 Å². The Kier molecular flexibility index (Phi) is 4.80. The lowest BCUT2D eigenvalue weighted by Crippen LogP contribution is -2.40. The number of carbonyl (C=O) groups excluding carboxylic acids is 2. The van der Waals surface area contributed by atoms with Crippen molar-refractivity contribution in [2.75, 3.05) is 13.1 Å². The highest BCUT2D eigenvalue weighted by Gasteiger charge is 2.47. The molecule has 0 bridgehead atoms. The maximum Gasteiger partial charge on any atom is 0.343 e. The number of hydrogen-bond donors (Lipinski definition) is 2. The van der Waals surface area contributed by atoms with Crippen LogP contribution in [-0.4, -0.2) is 46.5 Å². The Morgan fingerprint density at radius 2 is 2.27 bits per heavy atom. The minimum Gasteiger partial charge on any atom is -0.479 e. The lowest BCUT2D eigenvalue weighted by Gasteiger charge is -2.21. The highest BCUT2D eigenvalue weighted by molar-refractivity contribution is 7.10. The van der Waals surface area contributed by atoms with E-state index in [1.165, 1.54) is 23.2 Å². The predicted octanol–water partition coefficient (Wildman–Crippen LogP) is 1.34. The van der Waals surface area contributed by atoms with Crippen LogP contribution in [0.15, 0.2) is 17.5 Å². The number of alkyl halides is 1. The summed E-state index contributed by atoms with van der Waals surface area (Å²) >= 11 is 1.41. The third kappa shape index (κ3) is 3.62. The Morgan fingerprint density at radius 3 is 2.77 bits per heavy atom. The maximum atomic E-state index is 14.0. The predicted molar refractivity (Wildman–Crippen MR) is 78.2 cm³/mol. The number of carboxylic acid groups (broad SMARTS) is 1. The molecule has 0 aromatic carbocycles. The molecule has 2 unspecified atom stereocenters. The zero-order chi connectivity index (χ0) is 16.3. The second-order valence-corrected chi connectivity index (χ2v) is 6.29. The van der Waals surface area contributed by atoms with Gasteiger partial charge in [0.05, 0.1) is 19.0 Å². The first-order valence-electron chi connectivity index (χ1n) is 6.82. The molecule has 2 amide bonds. The highest BCUT2D eigenvalue weighted by Crippen LogP contribution is 2.28. The standard InChI is InChI=1S/C14H17FN2O4S/c1-9(18)16-10(11-3-2-6-22-11)7-12(19)17-5-4-14(15,8-17)13(20)21/h2-3,6,10H,4-5,7-8H2,1H3,(H,16,18)(H,20,21). The van der Waals surface area contributed by atoms with E-state index in [1.807, 2.05) is 11.4 Å². The molecule has 2 atom stereocenters. The summed E-state index contributed by atoms with van der Waals surface area (Å²) in [5, 5.41) is 13.4. The van der Waals surface area contributed by atoms with Crippen molar-refractivity contribution in [2.24, 2.45) is 0 Å². The van der Waals surface area contributed by atoms with Crippen molar-refractivity contribution in [3.05, 3.63) is 22.4 Å². The number of aliphatic carboxylic acids is 1. The van der Waals surface area contributed by atoms with Crippen molar-refractivity contribution >= 4 is 29.1 Å². The van der Waals surface area contributed by atoms with Gasteiger partial charge < -0.3 is 15.3 Å². The normalized spacial score (nSPS) is 22.4. The van der Waals surface area contributed by atoms with E-state index < -0.39 is 24.2 Å². The third-order valence-electron chi connectivity index (χ3n) is 3.60. The Balaban J connectivity index is 2.03. The van der Waals surface area contributed by atoms with E-state index in [1.54, 1.807) is 6.07 Å². The molecule has 6 nitrogen and oxygen atoms in total. The smallest absolute Gasteiger partial charge is 0.343 e. The largest absolute Gasteiger partial charge is 0.479 e. The monoisotopic (exact) mass is 328 g/mol. The van der Waals surface area contributed by atoms with Crippen LogP contribution in [0.25, 0.3) is 0 Å². The minimum absolute atomic E-state index is 0.0181. The van der Waals surface area contributed by atoms with Crippen LogP contribution in [0.3, 0.4) is 0 Å². The average Bonchev–Trinajstić information content (AvgIpc) is 3.07. The molecule has 0 aliphatic carbocycles. The molecule has 1 aromatic heterocycles. The van der Waals surface area contributed by atoms with Crippen LogP contribution in [-0.2, 0) is 14.4 Å². The van der Waals surface area contributed by atoms with Crippen molar-refractivity contribution in [1.29, 1.82) is 0 Å². The fraction of sp³-hybridized carbons (Fsp3) is 0.500. The topological polar surface area (TPSA) is 86.7 Å². The molecule has 0 saturated carbocycles. The first kappa shape index (κ1) is 16.4. The molecule has 2 N–H and O–H groups in total. The van der Waals surface area contributed by atoms with E-state index in [2.05, 4.69) is 5.32 Å². The second kappa shape index (κ2) is 6.43. The van der Waals surface area contributed by atoms with Gasteiger partial charge in [0.25, 0.3) is 0 Å². The first-order valence-corrected chi connectivity index (χ1v) is 7.70. The highest BCUT2D eigenvalue weighted by atomic mass is 32.1. The van der Waals surface area contributed by atoms with Gasteiger partial charge in [-0.2, -0.15) is 0 Å². The summed E-state index contributed by atoms with van der Waals surface area (Å²) in [4.78, 5) is 36.4. The van der Waals surface area contributed by atoms with Gasteiger partial charge in [-0.15, -0.1) is 11.3 Å². The molecule has 2 rings (SSSR count). The minimum atomic E-state index is -2.37. The Morgan fingerprint density at radius 1 is 1.55 bits per heavy atom. The summed E-state index contributed by atoms with van der Waals surface area (Å²) in [5.41, 5.74) is -2.37. The molecular weight excluding hydrogens is 311 g/mol. The van der Waals surface area contributed by atoms with Crippen LogP contribution in [0.4, 0.5) is 4.39 Å². The molecule has 0 radical (unpaired) electrons. The maximum absolute atomic E-state index is 14.0. The quantitative estimate of drug-likeness (QED) is 0.854. The first-order chi connectivity index (χ1) is 10.3. The van der Waals surface area contributed by atoms with Crippen molar-refractivity contribution in [1.82, 2.24) is 10.2 Å². The molecule has 120 valence electrons. The summed E-state index contributed by atoms with van der Waals surface area (Å²) in [6.45, 7) is 0.981. The van der Waals surface area contributed by atoms with Crippen molar-refractivity contribution in [3.63, 3.8) is 0 Å². The SMILES string of the molecule is CC(=O)NC(CC(=O)N1CCC(F)(C(=O)O)C1)c1cccs1. The van der Waals surface area contributed by atoms with Gasteiger partial charge in [-0.1, -0.05) is 6.07 Å². The summed E-state index contributed by atoms with van der Waals surface area (Å²) in [6, 6.07) is 3.13. The fourth-order valence-corrected chi connectivity index (χ4v) is 3.20. The molecule has 8 heteroatoms. The van der Waals surface area contributed by atoms with E-state index in [4.69, 9.17) is 5.11 Å². The summed E-state index contributed by atoms with van der Waals surface area (Å²) < 4.78 is 14.0. The zero-order valence-electron chi connectivity index (χ0n) is 12.0. The van der Waals surface area contributed by atoms with Gasteiger partial charge in [0.1, 0.15) is 0 Å². The fourth-order valence-electron chi connectivity index (χ4n) is 2.42. The third-order valence-corrected chi connectivity index (χ3v) is 4.58. The van der Waals surface area contributed by atoms with Crippen LogP contribution in [0.5, 0.6) is 0 Å². The zero-order valence-corrected chi connectivity index (χ0v) is 12.9. The molecular formula is C14H17FN2O4S. The number of nitrogens with one attached hydrogen (secondary N) is 1. The number of likely N-dealkylation sites (tertiary alicyclic amines) is 1. The number of halogens is 1. The van der Waals surface area contributed by atoms with E-state index in [0.717, 1.165) is 4.88 Å². The number of carboxylic acids is 1. The number of carbonyl (C=O) groups is 3. The van der Waals surface area contributed by atoms with E-state index in [9.17, 15) is 18.8 Å². The van der Waals surface area contributed by atoms with Crippen LogP contribution in [0, 0.1) is 0 Å². The lowest BCUT2D eigenvalue weighted by atomic mass is 10.1. The number of amides is 2. The van der Waals surface area contributed by atoms with Crippen LogP contribution in [0.1, 0.15) is 30.7 Å². The lowest BCUT2D eigenvalue weighted by molar-refractivity contribution is -0.150. The van der Waals surface area contributed by atoms with Gasteiger partial charge in [0, 0.05) is 24.8 Å². The number of rotatable bonds is 5. The van der Waals surface area contributed by atoms with Crippen molar-refractivity contribution < 1.29 is 23.9 Å². The molecule has 1 aromatic rings. The molecule has 1 saturated heterocycles. The molecule has 22 heavy (non-hydrogen) atoms. The molecule has 1 aliphatic rings. The van der Waals surface area contributed by atoms with Crippen molar-refractivity contribution in [3.8, 4) is 0 Å². The van der Waals surface area contributed by atoms with Crippen LogP contribution in [0.2, 0.25) is 0 Å². The van der Waals surface area contributed by atoms with E-state index >= 15 is 0 Å². The number of nitrogens with zero attached hydrogens (tertiary/aromatic N) is 1. The molecule has 2 heterocycles. The van der Waals surface area contributed by atoms with E-state index in [-0.39, 0.29) is 31.2 Å². The van der Waals surface area contributed by atoms with Crippen molar-refractivity contribution in [2.45, 2.75) is 31.5 Å². The average molecular weight is 328 g/mol. The Bertz CT molecular complexity index is 577. The van der Waals surface area contributed by atoms with Gasteiger partial charge in [-0.05, 0) is 11.4 Å². The van der Waals surface area contributed by atoms with Gasteiger partial charge in [-0.3, -0.25) is 9.59 Å². The summed E-state index contributed by atoms with van der Waals surface area (Å²) in [5.74, 6) is -2.18. The summed E-state index contributed by atoms with van der Waals surface area (Å²) in [6.07, 6.45) is -0.229. The number of thiophene rings is 1. The summed E-state index contributed by atoms with van der Waals surface area (Å²) in [7, 11) is 0. The van der Waals surface area contributed by atoms with Gasteiger partial charge in [-0.25, -0.2) is 9.18 Å². The molecule has 1 aliphatic heterocycles. The molecule has 1 fully saturated rings. The van der Waals surface area contributed by atoms with Gasteiger partial charge >= 0.3 is 5.97 Å². The Hall–Kier alpha value is -1.96. The number of hydrogen-bond acceptors (Lipinski definition) is 4. The Labute approximate surface area is 130 Å². The van der Waals surface area contributed by atoms with E-state index in [0.29, 0.717) is 0 Å².